The molecule has 0 aromatic heterocycles. The fraction of sp³-hybridized carbons (Fsp3) is 0.200. The van der Waals surface area contributed by atoms with E-state index in [1.54, 1.807) is 5.32 Å². The van der Waals surface area contributed by atoms with Gasteiger partial charge in [-0.1, -0.05) is 5.06 Å². The Kier molecular flexibility index (Phi) is 2.04. The quantitative estimate of drug-likeness (QED) is 0.406. The van der Waals surface area contributed by atoms with Gasteiger partial charge in [0.15, 0.2) is 0 Å². The monoisotopic (exact) mass is 172 g/mol. The summed E-state index contributed by atoms with van der Waals surface area (Å²) in [7, 11) is 0. The Morgan fingerprint density at radius 3 is 2.58 bits per heavy atom. The molecule has 1 rings (SSSR count). The summed E-state index contributed by atoms with van der Waals surface area (Å²) in [6, 6.07) is -1.05. The topological polar surface area (TPSA) is 92.8 Å². The molecule has 0 spiro atoms. The lowest BCUT2D eigenvalue weighted by molar-refractivity contribution is -0.177. The van der Waals surface area contributed by atoms with Crippen LogP contribution in [0, 0.1) is 0 Å². The summed E-state index contributed by atoms with van der Waals surface area (Å²) in [5, 5.41) is 1.98. The highest BCUT2D eigenvalue weighted by Gasteiger charge is 2.32. The largest absolute Gasteiger partial charge is 0.364 e. The molecule has 0 bridgehead atoms. The zero-order chi connectivity index (χ0) is 9.14. The van der Waals surface area contributed by atoms with Gasteiger partial charge in [-0.2, -0.15) is 0 Å². The second-order valence-corrected chi connectivity index (χ2v) is 1.92. The Balaban J connectivity index is 2.73. The number of barbiturate groups is 1. The van der Waals surface area contributed by atoms with E-state index in [1.807, 2.05) is 0 Å². The average Bonchev–Trinajstić information content (AvgIpc) is 1.96. The molecule has 1 N–H and O–H groups in total. The van der Waals surface area contributed by atoms with E-state index >= 15 is 0 Å². The van der Waals surface area contributed by atoms with Crippen LogP contribution in [0.15, 0.2) is 0 Å². The Morgan fingerprint density at radius 1 is 1.42 bits per heavy atom. The van der Waals surface area contributed by atoms with Gasteiger partial charge in [-0.15, -0.1) is 0 Å². The molecule has 1 fully saturated rings. The maximum absolute atomic E-state index is 10.8. The number of nitrogens with zero attached hydrogens (tertiary/aromatic N) is 1. The lowest BCUT2D eigenvalue weighted by Crippen LogP contribution is -2.52. The summed E-state index contributed by atoms with van der Waals surface area (Å²) in [5.74, 6) is -1.58. The van der Waals surface area contributed by atoms with Crippen LogP contribution in [0.3, 0.4) is 0 Å². The van der Waals surface area contributed by atoms with Gasteiger partial charge in [-0.05, 0) is 0 Å². The Bertz CT molecular complexity index is 241. The van der Waals surface area contributed by atoms with Crippen molar-refractivity contribution in [2.75, 3.05) is 0 Å². The van der Waals surface area contributed by atoms with Gasteiger partial charge in [0, 0.05) is 0 Å². The minimum atomic E-state index is -1.05. The van der Waals surface area contributed by atoms with Gasteiger partial charge in [0.1, 0.15) is 6.42 Å². The van der Waals surface area contributed by atoms with Gasteiger partial charge in [0.25, 0.3) is 5.91 Å². The Labute approximate surface area is 66.2 Å². The first kappa shape index (κ1) is 8.18. The zero-order valence-electron chi connectivity index (χ0n) is 5.77. The number of nitrogens with one attached hydrogen (secondary N) is 1. The molecule has 7 nitrogen and oxygen atoms in total. The maximum atomic E-state index is 10.8. The first-order valence-corrected chi connectivity index (χ1v) is 2.92. The van der Waals surface area contributed by atoms with Crippen LogP contribution in [-0.4, -0.2) is 29.4 Å². The lowest BCUT2D eigenvalue weighted by Gasteiger charge is -2.20. The minimum Gasteiger partial charge on any atom is -0.332 e. The van der Waals surface area contributed by atoms with Gasteiger partial charge in [0.05, 0.1) is 0 Å². The van der Waals surface area contributed by atoms with Crippen molar-refractivity contribution < 1.29 is 24.0 Å². The summed E-state index contributed by atoms with van der Waals surface area (Å²) in [6.07, 6.45) is -0.500. The molecule has 12 heavy (non-hydrogen) atoms. The van der Waals surface area contributed by atoms with Crippen LogP contribution in [0.1, 0.15) is 6.42 Å². The maximum Gasteiger partial charge on any atom is 0.364 e. The zero-order valence-corrected chi connectivity index (χ0v) is 5.77. The van der Waals surface area contributed by atoms with Gasteiger partial charge < -0.3 is 4.84 Å². The number of urea groups is 1. The molecular formula is C5H4N2O5. The fourth-order valence-electron chi connectivity index (χ4n) is 0.686. The van der Waals surface area contributed by atoms with Crippen molar-refractivity contribution in [2.45, 2.75) is 6.42 Å². The van der Waals surface area contributed by atoms with Crippen molar-refractivity contribution in [3.8, 4) is 0 Å². The molecule has 0 saturated carbocycles. The molecule has 0 aromatic rings. The second kappa shape index (κ2) is 2.99. The predicted octanol–water partition coefficient (Wildman–Crippen LogP) is -1.46. The van der Waals surface area contributed by atoms with Crippen LogP contribution in [0.25, 0.3) is 0 Å². The van der Waals surface area contributed by atoms with Crippen molar-refractivity contribution in [3.05, 3.63) is 0 Å². The van der Waals surface area contributed by atoms with Gasteiger partial charge in [-0.3, -0.25) is 19.7 Å². The van der Waals surface area contributed by atoms with Crippen molar-refractivity contribution in [1.29, 1.82) is 0 Å². The predicted molar refractivity (Wildman–Crippen MR) is 32.2 cm³/mol. The molecule has 4 amide bonds. The summed E-state index contributed by atoms with van der Waals surface area (Å²) in [4.78, 5) is 45.7. The van der Waals surface area contributed by atoms with Gasteiger partial charge in [-0.25, -0.2) is 4.79 Å². The average molecular weight is 172 g/mol. The normalized spacial score (nSPS) is 17.3. The Morgan fingerprint density at radius 2 is 2.08 bits per heavy atom. The van der Waals surface area contributed by atoms with Crippen molar-refractivity contribution in [3.63, 3.8) is 0 Å². The molecule has 0 aliphatic carbocycles. The molecule has 0 aromatic carbocycles. The van der Waals surface area contributed by atoms with E-state index in [0.29, 0.717) is 0 Å². The highest BCUT2D eigenvalue weighted by atomic mass is 16.7. The molecular weight excluding hydrogens is 168 g/mol. The lowest BCUT2D eigenvalue weighted by atomic mass is 10.3. The van der Waals surface area contributed by atoms with Crippen LogP contribution in [0.5, 0.6) is 0 Å². The van der Waals surface area contributed by atoms with Crippen LogP contribution in [0.2, 0.25) is 0 Å². The number of carbonyl (C=O) groups excluding carboxylic acids is 4. The van der Waals surface area contributed by atoms with E-state index in [2.05, 4.69) is 4.84 Å². The third kappa shape index (κ3) is 1.39. The molecule has 1 aliphatic heterocycles. The summed E-state index contributed by atoms with van der Waals surface area (Å²) < 4.78 is 0. The number of amides is 4. The van der Waals surface area contributed by atoms with Gasteiger partial charge in [0.2, 0.25) is 5.91 Å². The van der Waals surface area contributed by atoms with Crippen LogP contribution >= 0.6 is 0 Å². The SMILES string of the molecule is O=CON1C(=O)CC(=O)NC1=O. The highest BCUT2D eigenvalue weighted by Crippen LogP contribution is 2.01. The van der Waals surface area contributed by atoms with E-state index in [9.17, 15) is 19.2 Å². The molecule has 0 atom stereocenters. The van der Waals surface area contributed by atoms with E-state index in [-0.39, 0.29) is 11.5 Å². The molecule has 64 valence electrons. The second-order valence-electron chi connectivity index (χ2n) is 1.92. The van der Waals surface area contributed by atoms with E-state index < -0.39 is 24.3 Å². The number of carbonyl (C=O) groups is 4. The summed E-state index contributed by atoms with van der Waals surface area (Å²) >= 11 is 0. The van der Waals surface area contributed by atoms with Gasteiger partial charge >= 0.3 is 12.5 Å². The third-order valence-corrected chi connectivity index (χ3v) is 1.12. The molecule has 7 heteroatoms. The standard InChI is InChI=1S/C5H4N2O5/c8-2-12-7-4(10)1-3(9)6-5(7)11/h2H,1H2,(H,6,9,11). The van der Waals surface area contributed by atoms with E-state index in [1.165, 1.54) is 0 Å². The minimum absolute atomic E-state index is 0.0761. The number of hydrogen-bond acceptors (Lipinski definition) is 5. The molecule has 1 saturated heterocycles. The van der Waals surface area contributed by atoms with Crippen molar-refractivity contribution in [1.82, 2.24) is 10.4 Å². The summed E-state index contributed by atoms with van der Waals surface area (Å²) in [5.41, 5.74) is 0. The number of rotatable bonds is 2. The van der Waals surface area contributed by atoms with E-state index in [0.717, 1.165) is 0 Å². The number of hydroxylamine groups is 2. The number of imide groups is 2. The molecule has 1 aliphatic rings. The van der Waals surface area contributed by atoms with E-state index in [4.69, 9.17) is 0 Å². The Hall–Kier alpha value is -1.92. The first-order chi connectivity index (χ1) is 5.65. The van der Waals surface area contributed by atoms with Crippen LogP contribution in [0.4, 0.5) is 4.79 Å². The molecule has 0 radical (unpaired) electrons. The van der Waals surface area contributed by atoms with Crippen molar-refractivity contribution in [2.24, 2.45) is 0 Å². The van der Waals surface area contributed by atoms with Crippen LogP contribution in [-0.2, 0) is 19.2 Å². The molecule has 1 heterocycles. The third-order valence-electron chi connectivity index (χ3n) is 1.12. The smallest absolute Gasteiger partial charge is 0.332 e. The molecule has 0 unspecified atom stereocenters. The van der Waals surface area contributed by atoms with Crippen LogP contribution < -0.4 is 5.32 Å². The highest BCUT2D eigenvalue weighted by molar-refractivity contribution is 6.13. The number of hydrogen-bond donors (Lipinski definition) is 1. The first-order valence-electron chi connectivity index (χ1n) is 2.92. The summed E-state index contributed by atoms with van der Waals surface area (Å²) in [6.45, 7) is -0.0761. The van der Waals surface area contributed by atoms with Crippen molar-refractivity contribution >= 4 is 24.3 Å². The fourth-order valence-corrected chi connectivity index (χ4v) is 0.686.